The lowest BCUT2D eigenvalue weighted by Crippen LogP contribution is -1.97. The Morgan fingerprint density at radius 2 is 2.31 bits per heavy atom. The molecule has 2 heteroatoms. The molecule has 0 unspecified atom stereocenters. The van der Waals surface area contributed by atoms with Crippen LogP contribution in [0.5, 0.6) is 0 Å². The second kappa shape index (κ2) is 4.65. The monoisotopic (exact) mass is 178 g/mol. The fraction of sp³-hybridized carbons (Fsp3) is 0.364. The molecule has 0 aromatic carbocycles. The highest BCUT2D eigenvalue weighted by Gasteiger charge is 2.19. The second-order valence-electron chi connectivity index (χ2n) is 2.90. The van der Waals surface area contributed by atoms with E-state index in [1.807, 2.05) is 32.1 Å². The van der Waals surface area contributed by atoms with Crippen LogP contribution < -0.4 is 0 Å². The van der Waals surface area contributed by atoms with Crippen LogP contribution in [0, 0.1) is 0 Å². The molecule has 0 spiro atoms. The first-order chi connectivity index (χ1) is 6.27. The summed E-state index contributed by atoms with van der Waals surface area (Å²) in [5, 5.41) is 0. The van der Waals surface area contributed by atoms with Crippen LogP contribution in [0.25, 0.3) is 0 Å². The van der Waals surface area contributed by atoms with Crippen LogP contribution in [0.2, 0.25) is 0 Å². The van der Waals surface area contributed by atoms with Gasteiger partial charge in [0.25, 0.3) is 0 Å². The first-order valence-electron chi connectivity index (χ1n) is 4.53. The van der Waals surface area contributed by atoms with Gasteiger partial charge in [0.15, 0.2) is 0 Å². The SMILES string of the molecule is C/C=C/C=C1\C=C(CCC)C(=O)O1. The highest BCUT2D eigenvalue weighted by Crippen LogP contribution is 2.20. The summed E-state index contributed by atoms with van der Waals surface area (Å²) in [5.41, 5.74) is 0.776. The fourth-order valence-corrected chi connectivity index (χ4v) is 1.15. The third-order valence-corrected chi connectivity index (χ3v) is 1.76. The number of cyclic esters (lactones) is 1. The van der Waals surface area contributed by atoms with Gasteiger partial charge in [-0.15, -0.1) is 0 Å². The topological polar surface area (TPSA) is 26.3 Å². The van der Waals surface area contributed by atoms with Crippen molar-refractivity contribution in [2.24, 2.45) is 0 Å². The van der Waals surface area contributed by atoms with Crippen LogP contribution in [-0.4, -0.2) is 5.97 Å². The number of allylic oxidation sites excluding steroid dienone is 4. The molecular formula is C11H14O2. The van der Waals surface area contributed by atoms with Crippen molar-refractivity contribution in [3.63, 3.8) is 0 Å². The van der Waals surface area contributed by atoms with E-state index >= 15 is 0 Å². The smallest absolute Gasteiger partial charge is 0.339 e. The molecule has 0 aromatic rings. The molecule has 1 aliphatic heterocycles. The summed E-state index contributed by atoms with van der Waals surface area (Å²) in [4.78, 5) is 11.2. The summed E-state index contributed by atoms with van der Waals surface area (Å²) in [6, 6.07) is 0. The molecule has 13 heavy (non-hydrogen) atoms. The number of carbonyl (C=O) groups excluding carboxylic acids is 1. The minimum atomic E-state index is -0.197. The number of rotatable bonds is 3. The van der Waals surface area contributed by atoms with Crippen molar-refractivity contribution < 1.29 is 9.53 Å². The van der Waals surface area contributed by atoms with Gasteiger partial charge in [0.1, 0.15) is 5.76 Å². The van der Waals surface area contributed by atoms with Crippen molar-refractivity contribution in [3.05, 3.63) is 35.6 Å². The largest absolute Gasteiger partial charge is 0.423 e. The van der Waals surface area contributed by atoms with Gasteiger partial charge in [-0.2, -0.15) is 0 Å². The van der Waals surface area contributed by atoms with Crippen molar-refractivity contribution in [2.75, 3.05) is 0 Å². The van der Waals surface area contributed by atoms with E-state index in [4.69, 9.17) is 4.74 Å². The van der Waals surface area contributed by atoms with Gasteiger partial charge < -0.3 is 4.74 Å². The molecule has 1 heterocycles. The molecule has 0 saturated heterocycles. The van der Waals surface area contributed by atoms with E-state index in [9.17, 15) is 4.79 Å². The Balaban J connectivity index is 2.71. The van der Waals surface area contributed by atoms with E-state index in [0.29, 0.717) is 5.76 Å². The quantitative estimate of drug-likeness (QED) is 0.621. The molecule has 0 aromatic heterocycles. The van der Waals surface area contributed by atoms with E-state index in [1.165, 1.54) is 0 Å². The molecule has 1 rings (SSSR count). The van der Waals surface area contributed by atoms with Crippen LogP contribution in [0.1, 0.15) is 26.7 Å². The lowest BCUT2D eigenvalue weighted by molar-refractivity contribution is -0.133. The standard InChI is InChI=1S/C11H14O2/c1-3-5-7-10-8-9(6-4-2)11(12)13-10/h3,5,7-8H,4,6H2,1-2H3/b5-3+,10-7+. The first kappa shape index (κ1) is 9.78. The Bertz CT molecular complexity index is 282. The zero-order valence-corrected chi connectivity index (χ0v) is 8.04. The van der Waals surface area contributed by atoms with Crippen LogP contribution in [-0.2, 0) is 9.53 Å². The predicted octanol–water partition coefficient (Wildman–Crippen LogP) is 2.73. The minimum absolute atomic E-state index is 0.197. The molecule has 70 valence electrons. The first-order valence-corrected chi connectivity index (χ1v) is 4.53. The van der Waals surface area contributed by atoms with Crippen LogP contribution in [0.15, 0.2) is 35.6 Å². The van der Waals surface area contributed by atoms with Gasteiger partial charge in [-0.05, 0) is 25.5 Å². The van der Waals surface area contributed by atoms with E-state index < -0.39 is 0 Å². The number of esters is 1. The molecule has 0 atom stereocenters. The zero-order chi connectivity index (χ0) is 9.68. The highest BCUT2D eigenvalue weighted by molar-refractivity contribution is 5.92. The van der Waals surface area contributed by atoms with Gasteiger partial charge in [-0.1, -0.05) is 25.5 Å². The van der Waals surface area contributed by atoms with Crippen molar-refractivity contribution in [1.29, 1.82) is 0 Å². The van der Waals surface area contributed by atoms with E-state index in [1.54, 1.807) is 6.08 Å². The lowest BCUT2D eigenvalue weighted by atomic mass is 10.1. The van der Waals surface area contributed by atoms with Crippen molar-refractivity contribution >= 4 is 5.97 Å². The van der Waals surface area contributed by atoms with Gasteiger partial charge in [0.05, 0.1) is 0 Å². The third-order valence-electron chi connectivity index (χ3n) is 1.76. The van der Waals surface area contributed by atoms with Gasteiger partial charge >= 0.3 is 5.97 Å². The highest BCUT2D eigenvalue weighted by atomic mass is 16.5. The van der Waals surface area contributed by atoms with Crippen LogP contribution >= 0.6 is 0 Å². The third kappa shape index (κ3) is 2.58. The molecule has 0 fully saturated rings. The van der Waals surface area contributed by atoms with Crippen molar-refractivity contribution in [1.82, 2.24) is 0 Å². The molecular weight excluding hydrogens is 164 g/mol. The van der Waals surface area contributed by atoms with Crippen LogP contribution in [0.3, 0.4) is 0 Å². The van der Waals surface area contributed by atoms with Gasteiger partial charge in [-0.25, -0.2) is 4.79 Å². The number of hydrogen-bond donors (Lipinski definition) is 0. The van der Waals surface area contributed by atoms with Gasteiger partial charge in [0.2, 0.25) is 0 Å². The maximum absolute atomic E-state index is 11.2. The molecule has 0 amide bonds. The molecule has 0 saturated carbocycles. The normalized spacial score (nSPS) is 19.7. The van der Waals surface area contributed by atoms with Gasteiger partial charge in [0, 0.05) is 5.57 Å². The van der Waals surface area contributed by atoms with E-state index in [0.717, 1.165) is 18.4 Å². The van der Waals surface area contributed by atoms with Crippen LogP contribution in [0.4, 0.5) is 0 Å². The Morgan fingerprint density at radius 3 is 2.92 bits per heavy atom. The predicted molar refractivity (Wildman–Crippen MR) is 52.0 cm³/mol. The Labute approximate surface area is 78.6 Å². The summed E-state index contributed by atoms with van der Waals surface area (Å²) in [6.07, 6.45) is 9.12. The van der Waals surface area contributed by atoms with Crippen molar-refractivity contribution in [2.45, 2.75) is 26.7 Å². The molecule has 0 radical (unpaired) electrons. The van der Waals surface area contributed by atoms with Gasteiger partial charge in [-0.3, -0.25) is 0 Å². The maximum Gasteiger partial charge on any atom is 0.339 e. The summed E-state index contributed by atoms with van der Waals surface area (Å²) in [5.74, 6) is 0.448. The average Bonchev–Trinajstić information content (AvgIpc) is 2.45. The zero-order valence-electron chi connectivity index (χ0n) is 8.04. The van der Waals surface area contributed by atoms with Crippen molar-refractivity contribution in [3.8, 4) is 0 Å². The Hall–Kier alpha value is -1.31. The number of hydrogen-bond acceptors (Lipinski definition) is 2. The molecule has 1 aliphatic rings. The molecule has 0 N–H and O–H groups in total. The summed E-state index contributed by atoms with van der Waals surface area (Å²) >= 11 is 0. The van der Waals surface area contributed by atoms with E-state index in [-0.39, 0.29) is 5.97 Å². The number of carbonyl (C=O) groups is 1. The molecule has 2 nitrogen and oxygen atoms in total. The summed E-state index contributed by atoms with van der Waals surface area (Å²) < 4.78 is 5.01. The summed E-state index contributed by atoms with van der Waals surface area (Å²) in [6.45, 7) is 3.96. The summed E-state index contributed by atoms with van der Waals surface area (Å²) in [7, 11) is 0. The fourth-order valence-electron chi connectivity index (χ4n) is 1.15. The molecule has 0 bridgehead atoms. The molecule has 0 aliphatic carbocycles. The number of ether oxygens (including phenoxy) is 1. The lowest BCUT2D eigenvalue weighted by Gasteiger charge is -1.94. The van der Waals surface area contributed by atoms with E-state index in [2.05, 4.69) is 0 Å². The average molecular weight is 178 g/mol. The minimum Gasteiger partial charge on any atom is -0.423 e. The Kier molecular flexibility index (Phi) is 3.50. The second-order valence-corrected chi connectivity index (χ2v) is 2.90. The Morgan fingerprint density at radius 1 is 1.54 bits per heavy atom. The maximum atomic E-state index is 11.2.